The summed E-state index contributed by atoms with van der Waals surface area (Å²) < 4.78 is 75.9. The van der Waals surface area contributed by atoms with Crippen LogP contribution in [0, 0.1) is 0 Å². The molecule has 0 saturated heterocycles. The third-order valence-electron chi connectivity index (χ3n) is 2.64. The molecule has 92 valence electrons. The summed E-state index contributed by atoms with van der Waals surface area (Å²) in [4.78, 5) is 11.1. The van der Waals surface area contributed by atoms with Crippen LogP contribution in [0.1, 0.15) is 15.9 Å². The van der Waals surface area contributed by atoms with Gasteiger partial charge in [0.2, 0.25) is 5.78 Å². The van der Waals surface area contributed by atoms with E-state index in [4.69, 9.17) is 0 Å². The van der Waals surface area contributed by atoms with Crippen LogP contribution < -0.4 is 0 Å². The van der Waals surface area contributed by atoms with Gasteiger partial charge in [-0.05, 0) is 0 Å². The highest BCUT2D eigenvalue weighted by molar-refractivity contribution is 6.13. The monoisotopic (exact) mass is 254 g/mol. The maximum Gasteiger partial charge on any atom is 0.457 e. The fourth-order valence-corrected chi connectivity index (χ4v) is 1.73. The number of halogens is 6. The van der Waals surface area contributed by atoms with Crippen LogP contribution >= 0.6 is 0 Å². The first-order valence-corrected chi connectivity index (χ1v) is 4.42. The van der Waals surface area contributed by atoms with Crippen molar-refractivity contribution in [1.82, 2.24) is 0 Å². The first-order valence-electron chi connectivity index (χ1n) is 4.42. The van der Waals surface area contributed by atoms with Gasteiger partial charge in [-0.25, -0.2) is 4.39 Å². The molecule has 1 unspecified atom stereocenters. The largest absolute Gasteiger partial charge is 0.457 e. The van der Waals surface area contributed by atoms with Crippen LogP contribution in [0.5, 0.6) is 0 Å². The van der Waals surface area contributed by atoms with Crippen molar-refractivity contribution >= 4 is 5.78 Å². The van der Waals surface area contributed by atoms with Crippen molar-refractivity contribution in [2.24, 2.45) is 0 Å². The van der Waals surface area contributed by atoms with Crippen molar-refractivity contribution in [2.75, 3.05) is 0 Å². The summed E-state index contributed by atoms with van der Waals surface area (Å²) in [7, 11) is 0. The molecule has 0 aliphatic heterocycles. The number of carbonyl (C=O) groups excluding carboxylic acids is 1. The molecule has 2 rings (SSSR count). The average Bonchev–Trinajstić information content (AvgIpc) is 2.25. The van der Waals surface area contributed by atoms with Gasteiger partial charge in [-0.1, -0.05) is 24.3 Å². The van der Waals surface area contributed by atoms with Gasteiger partial charge in [0.15, 0.2) is 0 Å². The third kappa shape index (κ3) is 1.19. The lowest BCUT2D eigenvalue weighted by molar-refractivity contribution is -0.322. The van der Waals surface area contributed by atoms with Gasteiger partial charge in [-0.3, -0.25) is 4.79 Å². The molecule has 1 aromatic carbocycles. The van der Waals surface area contributed by atoms with E-state index in [1.54, 1.807) is 0 Å². The molecule has 7 heteroatoms. The molecule has 0 heterocycles. The number of hydrogen-bond acceptors (Lipinski definition) is 1. The van der Waals surface area contributed by atoms with Crippen LogP contribution in [-0.4, -0.2) is 17.9 Å². The van der Waals surface area contributed by atoms with Crippen LogP contribution in [0.15, 0.2) is 24.3 Å². The number of benzene rings is 1. The van der Waals surface area contributed by atoms with Gasteiger partial charge in [0, 0.05) is 11.1 Å². The Hall–Kier alpha value is -1.53. The molecule has 1 atom stereocenters. The van der Waals surface area contributed by atoms with E-state index in [1.165, 1.54) is 6.07 Å². The third-order valence-corrected chi connectivity index (χ3v) is 2.64. The highest BCUT2D eigenvalue weighted by Gasteiger charge is 2.79. The highest BCUT2D eigenvalue weighted by Crippen LogP contribution is 2.57. The SMILES string of the molecule is O=C1c2ccccc2C1(F)C(F)(F)C(F)(F)F. The number of hydrogen-bond donors (Lipinski definition) is 0. The zero-order valence-electron chi connectivity index (χ0n) is 7.99. The lowest BCUT2D eigenvalue weighted by Crippen LogP contribution is -2.61. The Bertz CT molecular complexity index is 492. The molecular weight excluding hydrogens is 250 g/mol. The number of carbonyl (C=O) groups is 1. The van der Waals surface area contributed by atoms with Crippen molar-refractivity contribution in [3.8, 4) is 0 Å². The van der Waals surface area contributed by atoms with Crippen LogP contribution in [0.25, 0.3) is 0 Å². The van der Waals surface area contributed by atoms with Gasteiger partial charge in [0.25, 0.3) is 5.67 Å². The fraction of sp³-hybridized carbons (Fsp3) is 0.300. The van der Waals surface area contributed by atoms with Crippen LogP contribution in [0.4, 0.5) is 26.3 Å². The summed E-state index contributed by atoms with van der Waals surface area (Å²) in [5.41, 5.74) is -5.67. The Morgan fingerprint density at radius 2 is 1.53 bits per heavy atom. The fourth-order valence-electron chi connectivity index (χ4n) is 1.73. The van der Waals surface area contributed by atoms with E-state index >= 15 is 0 Å². The van der Waals surface area contributed by atoms with Crippen molar-refractivity contribution in [2.45, 2.75) is 17.8 Å². The summed E-state index contributed by atoms with van der Waals surface area (Å²) in [5.74, 6) is -7.57. The van der Waals surface area contributed by atoms with E-state index < -0.39 is 34.7 Å². The van der Waals surface area contributed by atoms with Gasteiger partial charge in [-0.15, -0.1) is 0 Å². The Balaban J connectivity index is 2.59. The van der Waals surface area contributed by atoms with E-state index in [0.717, 1.165) is 18.2 Å². The summed E-state index contributed by atoms with van der Waals surface area (Å²) >= 11 is 0. The molecule has 0 saturated carbocycles. The molecule has 0 amide bonds. The number of ketones is 1. The minimum Gasteiger partial charge on any atom is -0.290 e. The molecule has 17 heavy (non-hydrogen) atoms. The average molecular weight is 254 g/mol. The van der Waals surface area contributed by atoms with E-state index in [1.807, 2.05) is 0 Å². The summed E-state index contributed by atoms with van der Waals surface area (Å²) in [6.07, 6.45) is -6.12. The normalized spacial score (nSPS) is 24.2. The minimum absolute atomic E-state index is 0.445. The minimum atomic E-state index is -6.12. The zero-order chi connectivity index (χ0) is 13.1. The summed E-state index contributed by atoms with van der Waals surface area (Å²) in [6.45, 7) is 0. The van der Waals surface area contributed by atoms with Crippen LogP contribution in [-0.2, 0) is 5.67 Å². The van der Waals surface area contributed by atoms with Gasteiger partial charge in [0.1, 0.15) is 0 Å². The summed E-state index contributed by atoms with van der Waals surface area (Å²) in [5, 5.41) is 0. The topological polar surface area (TPSA) is 17.1 Å². The Kier molecular flexibility index (Phi) is 2.12. The zero-order valence-corrected chi connectivity index (χ0v) is 7.99. The Morgan fingerprint density at radius 1 is 1.00 bits per heavy atom. The van der Waals surface area contributed by atoms with Crippen molar-refractivity contribution in [3.05, 3.63) is 35.4 Å². The van der Waals surface area contributed by atoms with Crippen LogP contribution in [0.3, 0.4) is 0 Å². The van der Waals surface area contributed by atoms with E-state index in [0.29, 0.717) is 0 Å². The molecule has 0 spiro atoms. The molecule has 0 radical (unpaired) electrons. The second-order valence-corrected chi connectivity index (χ2v) is 3.61. The summed E-state index contributed by atoms with van der Waals surface area (Å²) in [6, 6.07) is 4.09. The second kappa shape index (κ2) is 3.02. The molecule has 0 N–H and O–H groups in total. The number of alkyl halides is 6. The maximum absolute atomic E-state index is 13.7. The molecule has 1 aromatic rings. The lowest BCUT2D eigenvalue weighted by Gasteiger charge is -2.40. The lowest BCUT2D eigenvalue weighted by atomic mass is 9.69. The van der Waals surface area contributed by atoms with E-state index in [9.17, 15) is 31.1 Å². The maximum atomic E-state index is 13.7. The van der Waals surface area contributed by atoms with E-state index in [-0.39, 0.29) is 0 Å². The Labute approximate surface area is 91.0 Å². The molecular formula is C10H4F6O. The first-order chi connectivity index (χ1) is 7.64. The molecule has 0 fully saturated rings. The molecule has 1 nitrogen and oxygen atoms in total. The predicted molar refractivity (Wildman–Crippen MR) is 44.6 cm³/mol. The van der Waals surface area contributed by atoms with Gasteiger partial charge in [0.05, 0.1) is 0 Å². The van der Waals surface area contributed by atoms with Crippen molar-refractivity contribution < 1.29 is 31.1 Å². The van der Waals surface area contributed by atoms with Gasteiger partial charge < -0.3 is 0 Å². The Morgan fingerprint density at radius 3 is 2.06 bits per heavy atom. The second-order valence-electron chi connectivity index (χ2n) is 3.61. The number of fused-ring (bicyclic) bond motifs is 1. The molecule has 1 aliphatic carbocycles. The molecule has 0 bridgehead atoms. The molecule has 0 aromatic heterocycles. The van der Waals surface area contributed by atoms with E-state index in [2.05, 4.69) is 0 Å². The first kappa shape index (κ1) is 11.9. The quantitative estimate of drug-likeness (QED) is 0.703. The number of Topliss-reactive ketones (excluding diaryl/α,β-unsaturated/α-hetero) is 1. The van der Waals surface area contributed by atoms with Crippen LogP contribution in [0.2, 0.25) is 0 Å². The highest BCUT2D eigenvalue weighted by atomic mass is 19.4. The van der Waals surface area contributed by atoms with Gasteiger partial charge in [-0.2, -0.15) is 22.0 Å². The van der Waals surface area contributed by atoms with Gasteiger partial charge >= 0.3 is 12.1 Å². The smallest absolute Gasteiger partial charge is 0.290 e. The van der Waals surface area contributed by atoms with Crippen molar-refractivity contribution in [3.63, 3.8) is 0 Å². The van der Waals surface area contributed by atoms with Crippen molar-refractivity contribution in [1.29, 1.82) is 0 Å². The predicted octanol–water partition coefficient (Wildman–Crippen LogP) is 3.25. The number of rotatable bonds is 1. The standard InChI is InChI=1S/C10H4F6O/c11-8(9(12,13)10(14,15)16)6-4-2-1-3-5(6)7(8)17/h1-4H. The molecule has 1 aliphatic rings.